The van der Waals surface area contributed by atoms with Crippen LogP contribution in [0.2, 0.25) is 0 Å². The SMILES string of the molecule is Br.O=C(c1ccccc1)c1ccccc1. The average Bonchev–Trinajstić information content (AvgIpc) is 2.30. The molecule has 0 amide bonds. The molecule has 0 heterocycles. The molecule has 0 unspecified atom stereocenters. The van der Waals surface area contributed by atoms with Gasteiger partial charge in [0.15, 0.2) is 5.78 Å². The highest BCUT2D eigenvalue weighted by atomic mass is 79.9. The minimum atomic E-state index is 0. The second kappa shape index (κ2) is 5.47. The molecule has 0 spiro atoms. The third kappa shape index (κ3) is 2.77. The maximum absolute atomic E-state index is 11.8. The van der Waals surface area contributed by atoms with E-state index < -0.39 is 0 Å². The first kappa shape index (κ1) is 11.7. The Morgan fingerprint density at radius 3 is 1.33 bits per heavy atom. The molecule has 0 saturated heterocycles. The Morgan fingerprint density at radius 1 is 0.667 bits per heavy atom. The minimum Gasteiger partial charge on any atom is -0.289 e. The van der Waals surface area contributed by atoms with Gasteiger partial charge in [0.1, 0.15) is 0 Å². The highest BCUT2D eigenvalue weighted by Gasteiger charge is 2.06. The fourth-order valence-corrected chi connectivity index (χ4v) is 1.35. The van der Waals surface area contributed by atoms with Gasteiger partial charge in [-0.15, -0.1) is 17.0 Å². The van der Waals surface area contributed by atoms with Crippen molar-refractivity contribution in [1.82, 2.24) is 0 Å². The molecule has 0 aliphatic heterocycles. The van der Waals surface area contributed by atoms with Gasteiger partial charge in [0, 0.05) is 11.1 Å². The number of benzene rings is 2. The molecular weight excluding hydrogens is 252 g/mol. The minimum absolute atomic E-state index is 0. The smallest absolute Gasteiger partial charge is 0.193 e. The van der Waals surface area contributed by atoms with E-state index in [2.05, 4.69) is 0 Å². The number of rotatable bonds is 2. The summed E-state index contributed by atoms with van der Waals surface area (Å²) in [4.78, 5) is 11.8. The molecule has 0 aliphatic carbocycles. The van der Waals surface area contributed by atoms with Crippen LogP contribution in [0.15, 0.2) is 60.7 Å². The Balaban J connectivity index is 0.00000112. The number of hydrogen-bond donors (Lipinski definition) is 0. The zero-order valence-electron chi connectivity index (χ0n) is 8.09. The maximum Gasteiger partial charge on any atom is 0.193 e. The van der Waals surface area contributed by atoms with Crippen LogP contribution in [0.5, 0.6) is 0 Å². The Bertz CT molecular complexity index is 381. The first-order chi connectivity index (χ1) is 6.88. The molecule has 0 fully saturated rings. The second-order valence-electron chi connectivity index (χ2n) is 3.06. The first-order valence-corrected chi connectivity index (χ1v) is 4.53. The van der Waals surface area contributed by atoms with Gasteiger partial charge in [-0.2, -0.15) is 0 Å². The van der Waals surface area contributed by atoms with Crippen LogP contribution in [0, 0.1) is 0 Å². The molecule has 0 radical (unpaired) electrons. The molecular formula is C13H11BrO. The van der Waals surface area contributed by atoms with E-state index in [4.69, 9.17) is 0 Å². The van der Waals surface area contributed by atoms with Crippen LogP contribution in [0.3, 0.4) is 0 Å². The predicted molar refractivity (Wildman–Crippen MR) is 66.6 cm³/mol. The van der Waals surface area contributed by atoms with Crippen molar-refractivity contribution < 1.29 is 4.79 Å². The molecule has 0 N–H and O–H groups in total. The number of hydrogen-bond acceptors (Lipinski definition) is 1. The first-order valence-electron chi connectivity index (χ1n) is 4.53. The van der Waals surface area contributed by atoms with E-state index >= 15 is 0 Å². The molecule has 2 rings (SSSR count). The fourth-order valence-electron chi connectivity index (χ4n) is 1.35. The molecule has 0 saturated carbocycles. The van der Waals surface area contributed by atoms with E-state index in [1.165, 1.54) is 0 Å². The maximum atomic E-state index is 11.8. The van der Waals surface area contributed by atoms with Gasteiger partial charge in [-0.25, -0.2) is 0 Å². The summed E-state index contributed by atoms with van der Waals surface area (Å²) in [5, 5.41) is 0. The third-order valence-corrected chi connectivity index (χ3v) is 2.07. The molecule has 0 bridgehead atoms. The van der Waals surface area contributed by atoms with Crippen LogP contribution in [0.1, 0.15) is 15.9 Å². The van der Waals surface area contributed by atoms with E-state index in [1.807, 2.05) is 60.7 Å². The Labute approximate surface area is 99.5 Å². The van der Waals surface area contributed by atoms with Crippen LogP contribution in [0.4, 0.5) is 0 Å². The van der Waals surface area contributed by atoms with Crippen molar-refractivity contribution in [1.29, 1.82) is 0 Å². The molecule has 76 valence electrons. The summed E-state index contributed by atoms with van der Waals surface area (Å²) in [6.07, 6.45) is 0. The molecule has 1 nitrogen and oxygen atoms in total. The molecule has 0 atom stereocenters. The van der Waals surface area contributed by atoms with Crippen LogP contribution in [0.25, 0.3) is 0 Å². The van der Waals surface area contributed by atoms with Crippen LogP contribution in [-0.2, 0) is 0 Å². The topological polar surface area (TPSA) is 17.1 Å². The van der Waals surface area contributed by atoms with Crippen molar-refractivity contribution in [2.75, 3.05) is 0 Å². The van der Waals surface area contributed by atoms with Crippen LogP contribution >= 0.6 is 17.0 Å². The lowest BCUT2D eigenvalue weighted by atomic mass is 10.0. The van der Waals surface area contributed by atoms with Crippen molar-refractivity contribution >= 4 is 22.8 Å². The quantitative estimate of drug-likeness (QED) is 0.758. The Kier molecular flexibility index (Phi) is 4.25. The number of ketones is 1. The number of halogens is 1. The zero-order valence-corrected chi connectivity index (χ0v) is 9.80. The summed E-state index contributed by atoms with van der Waals surface area (Å²) in [6.45, 7) is 0. The van der Waals surface area contributed by atoms with Gasteiger partial charge in [0.05, 0.1) is 0 Å². The fraction of sp³-hybridized carbons (Fsp3) is 0. The summed E-state index contributed by atoms with van der Waals surface area (Å²) in [6, 6.07) is 18.6. The Hall–Kier alpha value is -1.41. The zero-order chi connectivity index (χ0) is 9.80. The van der Waals surface area contributed by atoms with Crippen LogP contribution < -0.4 is 0 Å². The van der Waals surface area contributed by atoms with Crippen molar-refractivity contribution in [2.24, 2.45) is 0 Å². The van der Waals surface area contributed by atoms with Crippen molar-refractivity contribution in [3.63, 3.8) is 0 Å². The summed E-state index contributed by atoms with van der Waals surface area (Å²) in [5.74, 6) is 0.0752. The molecule has 2 aromatic carbocycles. The summed E-state index contributed by atoms with van der Waals surface area (Å²) >= 11 is 0. The van der Waals surface area contributed by atoms with Crippen molar-refractivity contribution in [3.05, 3.63) is 71.8 Å². The molecule has 0 aromatic heterocycles. The van der Waals surface area contributed by atoms with E-state index in [9.17, 15) is 4.79 Å². The summed E-state index contributed by atoms with van der Waals surface area (Å²) < 4.78 is 0. The van der Waals surface area contributed by atoms with E-state index in [1.54, 1.807) is 0 Å². The molecule has 2 heteroatoms. The molecule has 15 heavy (non-hydrogen) atoms. The van der Waals surface area contributed by atoms with Gasteiger partial charge in [-0.1, -0.05) is 60.7 Å². The highest BCUT2D eigenvalue weighted by Crippen LogP contribution is 2.08. The normalized spacial score (nSPS) is 9.07. The molecule has 2 aromatic rings. The van der Waals surface area contributed by atoms with Gasteiger partial charge in [-0.05, 0) is 0 Å². The van der Waals surface area contributed by atoms with E-state index in [-0.39, 0.29) is 22.8 Å². The lowest BCUT2D eigenvalue weighted by Crippen LogP contribution is -1.99. The van der Waals surface area contributed by atoms with Gasteiger partial charge < -0.3 is 0 Å². The van der Waals surface area contributed by atoms with Crippen molar-refractivity contribution in [3.8, 4) is 0 Å². The van der Waals surface area contributed by atoms with Gasteiger partial charge in [0.2, 0.25) is 0 Å². The van der Waals surface area contributed by atoms with Gasteiger partial charge in [-0.3, -0.25) is 4.79 Å². The largest absolute Gasteiger partial charge is 0.289 e. The third-order valence-electron chi connectivity index (χ3n) is 2.07. The molecule has 0 aliphatic rings. The van der Waals surface area contributed by atoms with E-state index in [0.717, 1.165) is 11.1 Å². The monoisotopic (exact) mass is 262 g/mol. The number of carbonyl (C=O) groups is 1. The average molecular weight is 263 g/mol. The predicted octanol–water partition coefficient (Wildman–Crippen LogP) is 3.50. The highest BCUT2D eigenvalue weighted by molar-refractivity contribution is 8.93. The van der Waals surface area contributed by atoms with E-state index in [0.29, 0.717) is 0 Å². The number of carbonyl (C=O) groups excluding carboxylic acids is 1. The Morgan fingerprint density at radius 2 is 1.00 bits per heavy atom. The summed E-state index contributed by atoms with van der Waals surface area (Å²) in [7, 11) is 0. The lowest BCUT2D eigenvalue weighted by Gasteiger charge is -1.99. The van der Waals surface area contributed by atoms with Gasteiger partial charge in [0.25, 0.3) is 0 Å². The van der Waals surface area contributed by atoms with Gasteiger partial charge >= 0.3 is 0 Å². The summed E-state index contributed by atoms with van der Waals surface area (Å²) in [5.41, 5.74) is 1.47. The van der Waals surface area contributed by atoms with Crippen molar-refractivity contribution in [2.45, 2.75) is 0 Å². The second-order valence-corrected chi connectivity index (χ2v) is 3.06. The van der Waals surface area contributed by atoms with Crippen LogP contribution in [-0.4, -0.2) is 5.78 Å². The standard InChI is InChI=1S/C13H10O.BrH/c14-13(11-7-3-1-4-8-11)12-9-5-2-6-10-12;/h1-10H;1H. The lowest BCUT2D eigenvalue weighted by molar-refractivity contribution is 0.103.